The predicted molar refractivity (Wildman–Crippen MR) is 117 cm³/mol. The lowest BCUT2D eigenvalue weighted by molar-refractivity contribution is 0.0954. The minimum atomic E-state index is -0.206. The predicted octanol–water partition coefficient (Wildman–Crippen LogP) is 3.36. The second-order valence-corrected chi connectivity index (χ2v) is 7.09. The van der Waals surface area contributed by atoms with E-state index in [9.17, 15) is 9.59 Å². The molecule has 4 aromatic rings. The van der Waals surface area contributed by atoms with Crippen LogP contribution in [0.2, 0.25) is 0 Å². The molecule has 0 saturated carbocycles. The molecule has 0 fully saturated rings. The summed E-state index contributed by atoms with van der Waals surface area (Å²) in [5.74, 6) is 0.615. The molecule has 0 atom stereocenters. The van der Waals surface area contributed by atoms with Gasteiger partial charge in [-0.2, -0.15) is 0 Å². The van der Waals surface area contributed by atoms with Gasteiger partial charge in [-0.3, -0.25) is 9.36 Å². The fourth-order valence-corrected chi connectivity index (χ4v) is 3.44. The topological polar surface area (TPSA) is 76.1 Å². The van der Waals surface area contributed by atoms with E-state index < -0.39 is 0 Å². The first-order valence-corrected chi connectivity index (χ1v) is 9.81. The van der Waals surface area contributed by atoms with Crippen LogP contribution in [0.1, 0.15) is 21.5 Å². The van der Waals surface area contributed by atoms with E-state index >= 15 is 0 Å². The van der Waals surface area contributed by atoms with Crippen molar-refractivity contribution in [1.82, 2.24) is 14.9 Å². The summed E-state index contributed by atoms with van der Waals surface area (Å²) in [4.78, 5) is 27.8. The Morgan fingerprint density at radius 1 is 1.00 bits per heavy atom. The number of nitrogens with one attached hydrogen (secondary N) is 2. The third-order valence-electron chi connectivity index (χ3n) is 5.08. The number of benzene rings is 3. The molecule has 0 bridgehead atoms. The van der Waals surface area contributed by atoms with Gasteiger partial charge in [-0.15, -0.1) is 0 Å². The van der Waals surface area contributed by atoms with Gasteiger partial charge in [0.1, 0.15) is 5.75 Å². The van der Waals surface area contributed by atoms with Crippen LogP contribution >= 0.6 is 0 Å². The average molecular weight is 401 g/mol. The van der Waals surface area contributed by atoms with Crippen LogP contribution < -0.4 is 15.7 Å². The quantitative estimate of drug-likeness (QED) is 0.499. The van der Waals surface area contributed by atoms with E-state index in [1.54, 1.807) is 23.8 Å². The largest absolute Gasteiger partial charge is 0.497 e. The second-order valence-electron chi connectivity index (χ2n) is 7.09. The first kappa shape index (κ1) is 19.5. The molecule has 1 aromatic heterocycles. The molecular weight excluding hydrogens is 378 g/mol. The first-order chi connectivity index (χ1) is 14.6. The molecule has 3 aromatic carbocycles. The maximum absolute atomic E-state index is 12.5. The molecule has 0 aliphatic rings. The van der Waals surface area contributed by atoms with Crippen LogP contribution in [0.4, 0.5) is 0 Å². The van der Waals surface area contributed by atoms with Gasteiger partial charge < -0.3 is 15.0 Å². The summed E-state index contributed by atoms with van der Waals surface area (Å²) >= 11 is 0. The Bertz CT molecular complexity index is 1210. The number of hydrogen-bond acceptors (Lipinski definition) is 3. The number of amides is 1. The molecule has 0 radical (unpaired) electrons. The highest BCUT2D eigenvalue weighted by Gasteiger charge is 2.11. The molecule has 1 heterocycles. The number of imidazole rings is 1. The number of ether oxygens (including phenoxy) is 1. The number of rotatable bonds is 7. The van der Waals surface area contributed by atoms with E-state index in [1.165, 1.54) is 5.56 Å². The van der Waals surface area contributed by atoms with Crippen molar-refractivity contribution in [2.75, 3.05) is 13.7 Å². The summed E-state index contributed by atoms with van der Waals surface area (Å²) in [5.41, 5.74) is 3.88. The molecule has 0 spiro atoms. The van der Waals surface area contributed by atoms with Crippen LogP contribution in [-0.2, 0) is 13.0 Å². The highest BCUT2D eigenvalue weighted by atomic mass is 16.5. The molecule has 0 saturated heterocycles. The smallest absolute Gasteiger partial charge is 0.326 e. The van der Waals surface area contributed by atoms with E-state index in [-0.39, 0.29) is 11.6 Å². The molecule has 0 unspecified atom stereocenters. The van der Waals surface area contributed by atoms with Crippen molar-refractivity contribution in [3.05, 3.63) is 100.0 Å². The van der Waals surface area contributed by atoms with Crippen molar-refractivity contribution in [3.63, 3.8) is 0 Å². The third kappa shape index (κ3) is 4.27. The van der Waals surface area contributed by atoms with Crippen molar-refractivity contribution >= 4 is 16.9 Å². The Kier molecular flexibility index (Phi) is 5.66. The van der Waals surface area contributed by atoms with Gasteiger partial charge in [-0.05, 0) is 47.9 Å². The fourth-order valence-electron chi connectivity index (χ4n) is 3.44. The molecular formula is C24H23N3O3. The van der Waals surface area contributed by atoms with E-state index in [4.69, 9.17) is 4.74 Å². The SMILES string of the molecule is COc1ccc(Cn2c(=O)[nH]c3cc(C(=O)NCCc4ccccc4)ccc32)cc1. The van der Waals surface area contributed by atoms with E-state index in [0.717, 1.165) is 23.3 Å². The number of fused-ring (bicyclic) bond motifs is 1. The summed E-state index contributed by atoms with van der Waals surface area (Å²) in [7, 11) is 1.62. The Morgan fingerprint density at radius 3 is 2.50 bits per heavy atom. The second kappa shape index (κ2) is 8.69. The zero-order chi connectivity index (χ0) is 20.9. The normalized spacial score (nSPS) is 10.8. The number of H-pyrrole nitrogens is 1. The number of carbonyl (C=O) groups excluding carboxylic acids is 1. The summed E-state index contributed by atoms with van der Waals surface area (Å²) < 4.78 is 6.84. The van der Waals surface area contributed by atoms with Crippen LogP contribution in [0.5, 0.6) is 5.75 Å². The molecule has 2 N–H and O–H groups in total. The number of aromatic amines is 1. The minimum Gasteiger partial charge on any atom is -0.497 e. The lowest BCUT2D eigenvalue weighted by Crippen LogP contribution is -2.25. The Hall–Kier alpha value is -3.80. The lowest BCUT2D eigenvalue weighted by Gasteiger charge is -2.07. The zero-order valence-electron chi connectivity index (χ0n) is 16.7. The van der Waals surface area contributed by atoms with E-state index in [2.05, 4.69) is 10.3 Å². The summed E-state index contributed by atoms with van der Waals surface area (Å²) in [6.07, 6.45) is 0.768. The van der Waals surface area contributed by atoms with Gasteiger partial charge in [0.05, 0.1) is 24.7 Å². The number of methoxy groups -OCH3 is 1. The van der Waals surface area contributed by atoms with Crippen molar-refractivity contribution in [1.29, 1.82) is 0 Å². The van der Waals surface area contributed by atoms with Gasteiger partial charge in [-0.25, -0.2) is 4.79 Å². The third-order valence-corrected chi connectivity index (χ3v) is 5.08. The van der Waals surface area contributed by atoms with Crippen molar-refractivity contribution in [2.24, 2.45) is 0 Å². The zero-order valence-corrected chi connectivity index (χ0v) is 16.7. The van der Waals surface area contributed by atoms with E-state index in [1.807, 2.05) is 60.7 Å². The van der Waals surface area contributed by atoms with Gasteiger partial charge in [0.15, 0.2) is 0 Å². The summed E-state index contributed by atoms with van der Waals surface area (Å²) in [6, 6.07) is 22.9. The van der Waals surface area contributed by atoms with Gasteiger partial charge in [-0.1, -0.05) is 42.5 Å². The van der Waals surface area contributed by atoms with Gasteiger partial charge in [0, 0.05) is 12.1 Å². The molecule has 1 amide bonds. The maximum Gasteiger partial charge on any atom is 0.326 e. The van der Waals surface area contributed by atoms with Crippen LogP contribution in [0, 0.1) is 0 Å². The molecule has 30 heavy (non-hydrogen) atoms. The van der Waals surface area contributed by atoms with E-state index in [0.29, 0.717) is 24.2 Å². The van der Waals surface area contributed by atoms with Crippen LogP contribution in [0.25, 0.3) is 11.0 Å². The number of hydrogen-bond donors (Lipinski definition) is 2. The highest BCUT2D eigenvalue weighted by Crippen LogP contribution is 2.16. The molecule has 152 valence electrons. The monoisotopic (exact) mass is 401 g/mol. The molecule has 6 nitrogen and oxygen atoms in total. The fraction of sp³-hybridized carbons (Fsp3) is 0.167. The highest BCUT2D eigenvalue weighted by molar-refractivity contribution is 5.97. The maximum atomic E-state index is 12.5. The molecule has 0 aliphatic heterocycles. The van der Waals surface area contributed by atoms with Crippen molar-refractivity contribution in [3.8, 4) is 5.75 Å². The summed E-state index contributed by atoms with van der Waals surface area (Å²) in [6.45, 7) is 0.987. The van der Waals surface area contributed by atoms with Crippen LogP contribution in [-0.4, -0.2) is 29.1 Å². The number of nitrogens with zero attached hydrogens (tertiary/aromatic N) is 1. The Balaban J connectivity index is 1.47. The Labute approximate surface area is 174 Å². The molecule has 6 heteroatoms. The minimum absolute atomic E-state index is 0.156. The van der Waals surface area contributed by atoms with Crippen LogP contribution in [0.3, 0.4) is 0 Å². The lowest BCUT2D eigenvalue weighted by atomic mass is 10.1. The number of aromatic nitrogens is 2. The van der Waals surface area contributed by atoms with Gasteiger partial charge >= 0.3 is 5.69 Å². The number of carbonyl (C=O) groups is 1. The van der Waals surface area contributed by atoms with Gasteiger partial charge in [0.25, 0.3) is 5.91 Å². The van der Waals surface area contributed by atoms with Crippen molar-refractivity contribution < 1.29 is 9.53 Å². The van der Waals surface area contributed by atoms with Crippen molar-refractivity contribution in [2.45, 2.75) is 13.0 Å². The standard InChI is InChI=1S/C24H23N3O3/c1-30-20-10-7-18(8-11-20)16-27-22-12-9-19(15-21(22)26-24(27)29)23(28)25-14-13-17-5-3-2-4-6-17/h2-12,15H,13-14,16H2,1H3,(H,25,28)(H,26,29). The average Bonchev–Trinajstić information content (AvgIpc) is 3.09. The van der Waals surface area contributed by atoms with Crippen LogP contribution in [0.15, 0.2) is 77.6 Å². The summed E-state index contributed by atoms with van der Waals surface area (Å²) in [5, 5.41) is 2.93. The van der Waals surface area contributed by atoms with Gasteiger partial charge in [0.2, 0.25) is 0 Å². The Morgan fingerprint density at radius 2 is 1.77 bits per heavy atom. The molecule has 0 aliphatic carbocycles. The molecule has 4 rings (SSSR count). The first-order valence-electron chi connectivity index (χ1n) is 9.81.